The van der Waals surface area contributed by atoms with Gasteiger partial charge in [0, 0.05) is 10.6 Å². The van der Waals surface area contributed by atoms with Gasteiger partial charge in [0.2, 0.25) is 0 Å². The third kappa shape index (κ3) is 3.29. The SMILES string of the molecule is CCOC(=O)c1nc(Nc2ccc(C)nc2)sc1C. The fourth-order valence-electron chi connectivity index (χ4n) is 1.50. The average molecular weight is 277 g/mol. The van der Waals surface area contributed by atoms with Crippen molar-refractivity contribution in [3.8, 4) is 0 Å². The molecule has 6 heteroatoms. The van der Waals surface area contributed by atoms with Crippen molar-refractivity contribution < 1.29 is 9.53 Å². The maximum Gasteiger partial charge on any atom is 0.358 e. The zero-order chi connectivity index (χ0) is 13.8. The van der Waals surface area contributed by atoms with Gasteiger partial charge in [-0.2, -0.15) is 0 Å². The lowest BCUT2D eigenvalue weighted by molar-refractivity contribution is 0.0519. The molecule has 0 radical (unpaired) electrons. The zero-order valence-electron chi connectivity index (χ0n) is 11.1. The van der Waals surface area contributed by atoms with Gasteiger partial charge in [0.05, 0.1) is 18.5 Å². The number of esters is 1. The molecule has 0 amide bonds. The summed E-state index contributed by atoms with van der Waals surface area (Å²) in [5.41, 5.74) is 2.16. The first-order valence-electron chi connectivity index (χ1n) is 5.94. The first-order chi connectivity index (χ1) is 9.10. The number of ether oxygens (including phenoxy) is 1. The van der Waals surface area contributed by atoms with Gasteiger partial charge in [-0.1, -0.05) is 0 Å². The third-order valence-electron chi connectivity index (χ3n) is 2.43. The number of nitrogens with zero attached hydrogens (tertiary/aromatic N) is 2. The van der Waals surface area contributed by atoms with Gasteiger partial charge in [-0.05, 0) is 32.9 Å². The quantitative estimate of drug-likeness (QED) is 0.870. The van der Waals surface area contributed by atoms with Crippen LogP contribution in [0, 0.1) is 13.8 Å². The zero-order valence-corrected chi connectivity index (χ0v) is 11.9. The lowest BCUT2D eigenvalue weighted by Gasteiger charge is -2.01. The number of aryl methyl sites for hydroxylation is 2. The second-order valence-electron chi connectivity index (χ2n) is 3.96. The number of aromatic nitrogens is 2. The minimum absolute atomic E-state index is 0.348. The van der Waals surface area contributed by atoms with Crippen LogP contribution in [0.25, 0.3) is 0 Å². The van der Waals surface area contributed by atoms with Gasteiger partial charge >= 0.3 is 5.97 Å². The standard InChI is InChI=1S/C13H15N3O2S/c1-4-18-12(17)11-9(3)19-13(16-11)15-10-6-5-8(2)14-7-10/h5-7H,4H2,1-3H3,(H,15,16). The largest absolute Gasteiger partial charge is 0.461 e. The van der Waals surface area contributed by atoms with Crippen LogP contribution in [0.5, 0.6) is 0 Å². The van der Waals surface area contributed by atoms with E-state index in [2.05, 4.69) is 15.3 Å². The molecule has 0 saturated heterocycles. The Balaban J connectivity index is 2.16. The van der Waals surface area contributed by atoms with Crippen molar-refractivity contribution in [3.63, 3.8) is 0 Å². The smallest absolute Gasteiger partial charge is 0.358 e. The molecule has 0 atom stereocenters. The molecular weight excluding hydrogens is 262 g/mol. The van der Waals surface area contributed by atoms with Gasteiger partial charge in [0.15, 0.2) is 10.8 Å². The highest BCUT2D eigenvalue weighted by Gasteiger charge is 2.16. The van der Waals surface area contributed by atoms with E-state index in [9.17, 15) is 4.79 Å². The van der Waals surface area contributed by atoms with Crippen LogP contribution in [0.1, 0.15) is 28.0 Å². The molecule has 0 unspecified atom stereocenters. The predicted molar refractivity (Wildman–Crippen MR) is 75.1 cm³/mol. The van der Waals surface area contributed by atoms with Crippen LogP contribution in [-0.4, -0.2) is 22.5 Å². The van der Waals surface area contributed by atoms with E-state index in [-0.39, 0.29) is 5.97 Å². The molecule has 0 aliphatic carbocycles. The summed E-state index contributed by atoms with van der Waals surface area (Å²) in [5, 5.41) is 3.78. The van der Waals surface area contributed by atoms with E-state index in [0.717, 1.165) is 16.3 Å². The minimum atomic E-state index is -0.383. The maximum absolute atomic E-state index is 11.7. The maximum atomic E-state index is 11.7. The summed E-state index contributed by atoms with van der Waals surface area (Å²) >= 11 is 1.42. The summed E-state index contributed by atoms with van der Waals surface area (Å²) < 4.78 is 4.95. The second kappa shape index (κ2) is 5.79. The summed E-state index contributed by atoms with van der Waals surface area (Å²) in [7, 11) is 0. The number of carbonyl (C=O) groups is 1. The highest BCUT2D eigenvalue weighted by atomic mass is 32.1. The lowest BCUT2D eigenvalue weighted by atomic mass is 10.3. The molecule has 0 fully saturated rings. The summed E-state index contributed by atoms with van der Waals surface area (Å²) in [4.78, 5) is 20.9. The van der Waals surface area contributed by atoms with Crippen molar-refractivity contribution in [2.24, 2.45) is 0 Å². The van der Waals surface area contributed by atoms with Gasteiger partial charge in [-0.25, -0.2) is 9.78 Å². The first-order valence-corrected chi connectivity index (χ1v) is 6.76. The Morgan fingerprint density at radius 1 is 1.42 bits per heavy atom. The van der Waals surface area contributed by atoms with Gasteiger partial charge in [-0.15, -0.1) is 11.3 Å². The van der Waals surface area contributed by atoms with Gasteiger partial charge < -0.3 is 10.1 Å². The molecule has 0 saturated carbocycles. The number of thiazole rings is 1. The van der Waals surface area contributed by atoms with E-state index in [0.29, 0.717) is 17.4 Å². The van der Waals surface area contributed by atoms with Gasteiger partial charge in [0.1, 0.15) is 0 Å². The molecule has 2 aromatic heterocycles. The van der Waals surface area contributed by atoms with Crippen molar-refractivity contribution in [1.29, 1.82) is 0 Å². The molecule has 0 aliphatic rings. The van der Waals surface area contributed by atoms with Crippen LogP contribution in [0.2, 0.25) is 0 Å². The van der Waals surface area contributed by atoms with E-state index in [1.165, 1.54) is 11.3 Å². The number of hydrogen-bond acceptors (Lipinski definition) is 6. The Bertz CT molecular complexity index is 578. The molecule has 0 bridgehead atoms. The normalized spacial score (nSPS) is 10.3. The Hall–Kier alpha value is -1.95. The van der Waals surface area contributed by atoms with Crippen LogP contribution in [-0.2, 0) is 4.74 Å². The number of rotatable bonds is 4. The van der Waals surface area contributed by atoms with E-state index >= 15 is 0 Å². The van der Waals surface area contributed by atoms with Crippen molar-refractivity contribution in [3.05, 3.63) is 34.6 Å². The number of anilines is 2. The van der Waals surface area contributed by atoms with Crippen LogP contribution in [0.15, 0.2) is 18.3 Å². The Kier molecular flexibility index (Phi) is 4.11. The number of carbonyl (C=O) groups excluding carboxylic acids is 1. The van der Waals surface area contributed by atoms with Crippen molar-refractivity contribution >= 4 is 28.1 Å². The van der Waals surface area contributed by atoms with E-state index in [1.54, 1.807) is 13.1 Å². The summed E-state index contributed by atoms with van der Waals surface area (Å²) in [6, 6.07) is 3.83. The molecule has 0 aliphatic heterocycles. The predicted octanol–water partition coefficient (Wildman–Crippen LogP) is 3.08. The van der Waals surface area contributed by atoms with Crippen LogP contribution in [0.4, 0.5) is 10.8 Å². The monoisotopic (exact) mass is 277 g/mol. The fourth-order valence-corrected chi connectivity index (χ4v) is 2.33. The fraction of sp³-hybridized carbons (Fsp3) is 0.308. The third-order valence-corrected chi connectivity index (χ3v) is 3.31. The van der Waals surface area contributed by atoms with Crippen LogP contribution < -0.4 is 5.32 Å². The Morgan fingerprint density at radius 3 is 2.84 bits per heavy atom. The molecule has 1 N–H and O–H groups in total. The molecular formula is C13H15N3O2S. The van der Waals surface area contributed by atoms with Crippen molar-refractivity contribution in [2.75, 3.05) is 11.9 Å². The number of hydrogen-bond donors (Lipinski definition) is 1. The molecule has 19 heavy (non-hydrogen) atoms. The second-order valence-corrected chi connectivity index (χ2v) is 5.16. The molecule has 0 spiro atoms. The topological polar surface area (TPSA) is 64.1 Å². The van der Waals surface area contributed by atoms with Crippen LogP contribution in [0.3, 0.4) is 0 Å². The summed E-state index contributed by atoms with van der Waals surface area (Å²) in [6.45, 7) is 5.90. The molecule has 0 aromatic carbocycles. The van der Waals surface area contributed by atoms with Crippen molar-refractivity contribution in [1.82, 2.24) is 9.97 Å². The first kappa shape index (κ1) is 13.5. The average Bonchev–Trinajstić information content (AvgIpc) is 2.74. The van der Waals surface area contributed by atoms with Crippen LogP contribution >= 0.6 is 11.3 Å². The van der Waals surface area contributed by atoms with Gasteiger partial charge in [-0.3, -0.25) is 4.98 Å². The number of pyridine rings is 1. The van der Waals surface area contributed by atoms with E-state index in [4.69, 9.17) is 4.74 Å². The molecule has 2 rings (SSSR count). The summed E-state index contributed by atoms with van der Waals surface area (Å²) in [6.07, 6.45) is 1.73. The molecule has 2 heterocycles. The highest BCUT2D eigenvalue weighted by Crippen LogP contribution is 2.25. The lowest BCUT2D eigenvalue weighted by Crippen LogP contribution is -2.06. The Labute approximate surface area is 115 Å². The number of nitrogens with one attached hydrogen (secondary N) is 1. The summed E-state index contributed by atoms with van der Waals surface area (Å²) in [5.74, 6) is -0.383. The minimum Gasteiger partial charge on any atom is -0.461 e. The van der Waals surface area contributed by atoms with E-state index < -0.39 is 0 Å². The highest BCUT2D eigenvalue weighted by molar-refractivity contribution is 7.15. The van der Waals surface area contributed by atoms with Gasteiger partial charge in [0.25, 0.3) is 0 Å². The van der Waals surface area contributed by atoms with E-state index in [1.807, 2.05) is 26.0 Å². The molecule has 5 nitrogen and oxygen atoms in total. The molecule has 2 aromatic rings. The Morgan fingerprint density at radius 2 is 2.21 bits per heavy atom. The van der Waals surface area contributed by atoms with Crippen molar-refractivity contribution in [2.45, 2.75) is 20.8 Å². The molecule has 100 valence electrons.